The summed E-state index contributed by atoms with van der Waals surface area (Å²) in [7, 11) is 1.39. The molecule has 32 heavy (non-hydrogen) atoms. The Bertz CT molecular complexity index is 1310. The quantitative estimate of drug-likeness (QED) is 0.346. The van der Waals surface area contributed by atoms with Crippen LogP contribution in [-0.4, -0.2) is 35.5 Å². The first-order valence-electron chi connectivity index (χ1n) is 9.94. The molecule has 4 aromatic rings. The molecule has 0 radical (unpaired) electrons. The average molecular weight is 528 g/mol. The van der Waals surface area contributed by atoms with E-state index in [2.05, 4.69) is 21.2 Å². The van der Waals surface area contributed by atoms with Gasteiger partial charge in [-0.3, -0.25) is 4.79 Å². The van der Waals surface area contributed by atoms with Crippen LogP contribution in [0.3, 0.4) is 0 Å². The molecule has 2 amide bonds. The fraction of sp³-hybridized carbons (Fsp3) is 0.174. The molecule has 1 N–H and O–H groups in total. The van der Waals surface area contributed by atoms with Gasteiger partial charge in [-0.2, -0.15) is 0 Å². The minimum Gasteiger partial charge on any atom is -0.453 e. The minimum absolute atomic E-state index is 0.191. The lowest BCUT2D eigenvalue weighted by molar-refractivity contribution is 0.102. The highest BCUT2D eigenvalue weighted by molar-refractivity contribution is 9.10. The summed E-state index contributed by atoms with van der Waals surface area (Å²) < 4.78 is 6.74. The van der Waals surface area contributed by atoms with Crippen molar-refractivity contribution in [1.29, 1.82) is 0 Å². The van der Waals surface area contributed by atoms with Gasteiger partial charge in [-0.15, -0.1) is 22.7 Å². The van der Waals surface area contributed by atoms with E-state index in [0.29, 0.717) is 25.1 Å². The predicted molar refractivity (Wildman–Crippen MR) is 132 cm³/mol. The molecule has 0 saturated heterocycles. The third-order valence-corrected chi connectivity index (χ3v) is 8.22. The molecule has 0 aliphatic carbocycles. The lowest BCUT2D eigenvalue weighted by Gasteiger charge is -2.25. The first-order chi connectivity index (χ1) is 15.5. The number of hydrogen-bond acceptors (Lipinski definition) is 6. The van der Waals surface area contributed by atoms with Crippen molar-refractivity contribution in [3.8, 4) is 10.6 Å². The molecule has 1 aliphatic heterocycles. The number of benzene rings is 2. The zero-order chi connectivity index (χ0) is 22.2. The Hall–Kier alpha value is -2.75. The van der Waals surface area contributed by atoms with Gasteiger partial charge in [-0.25, -0.2) is 9.78 Å². The van der Waals surface area contributed by atoms with Crippen molar-refractivity contribution in [2.45, 2.75) is 13.0 Å². The van der Waals surface area contributed by atoms with Gasteiger partial charge in [0.05, 0.1) is 29.4 Å². The standard InChI is InChI=1S/C23H18BrN3O3S2/c1-30-23(29)27-11-10-14-18(12-27)32-22(26-20(28)13-6-2-3-7-15(13)24)19(14)21-25-16-8-4-5-9-17(16)31-21/h2-9H,10-12H2,1H3,(H,26,28). The first-order valence-corrected chi connectivity index (χ1v) is 12.4. The van der Waals surface area contributed by atoms with Gasteiger partial charge in [-0.1, -0.05) is 24.3 Å². The van der Waals surface area contributed by atoms with Crippen LogP contribution in [0.5, 0.6) is 0 Å². The second-order valence-electron chi connectivity index (χ2n) is 7.27. The lowest BCUT2D eigenvalue weighted by Crippen LogP contribution is -2.35. The van der Waals surface area contributed by atoms with Crippen molar-refractivity contribution >= 4 is 65.8 Å². The van der Waals surface area contributed by atoms with Crippen molar-refractivity contribution in [2.24, 2.45) is 0 Å². The first kappa shape index (κ1) is 21.1. The Balaban J connectivity index is 1.59. The van der Waals surface area contributed by atoms with Crippen molar-refractivity contribution < 1.29 is 14.3 Å². The molecule has 0 spiro atoms. The summed E-state index contributed by atoms with van der Waals surface area (Å²) in [5.41, 5.74) is 3.58. The number of carbonyl (C=O) groups is 2. The molecular weight excluding hydrogens is 510 g/mol. The number of amides is 2. The van der Waals surface area contributed by atoms with E-state index in [-0.39, 0.29) is 12.0 Å². The van der Waals surface area contributed by atoms with Crippen molar-refractivity contribution in [3.05, 3.63) is 69.0 Å². The highest BCUT2D eigenvalue weighted by atomic mass is 79.9. The fourth-order valence-corrected chi connectivity index (χ4v) is 6.63. The van der Waals surface area contributed by atoms with Gasteiger partial charge in [0, 0.05) is 21.5 Å². The lowest BCUT2D eigenvalue weighted by atomic mass is 10.0. The summed E-state index contributed by atoms with van der Waals surface area (Å²) >= 11 is 6.57. The van der Waals surface area contributed by atoms with Gasteiger partial charge in [0.2, 0.25) is 0 Å². The molecule has 3 heterocycles. The van der Waals surface area contributed by atoms with Crippen LogP contribution in [0.25, 0.3) is 20.8 Å². The summed E-state index contributed by atoms with van der Waals surface area (Å²) in [5, 5.41) is 4.73. The smallest absolute Gasteiger partial charge is 0.409 e. The van der Waals surface area contributed by atoms with Crippen molar-refractivity contribution in [2.75, 3.05) is 19.0 Å². The van der Waals surface area contributed by atoms with E-state index < -0.39 is 0 Å². The van der Waals surface area contributed by atoms with Gasteiger partial charge in [0.25, 0.3) is 5.91 Å². The van der Waals surface area contributed by atoms with Crippen LogP contribution in [0.1, 0.15) is 20.8 Å². The molecule has 2 aromatic heterocycles. The third-order valence-electron chi connectivity index (χ3n) is 5.34. The maximum absolute atomic E-state index is 13.1. The normalized spacial score (nSPS) is 13.1. The third kappa shape index (κ3) is 3.80. The number of ether oxygens (including phenoxy) is 1. The molecule has 0 bridgehead atoms. The van der Waals surface area contributed by atoms with Crippen molar-refractivity contribution in [1.82, 2.24) is 9.88 Å². The number of thiazole rings is 1. The molecule has 9 heteroatoms. The number of carbonyl (C=O) groups excluding carboxylic acids is 2. The molecule has 2 aromatic carbocycles. The molecular formula is C23H18BrN3O3S2. The Morgan fingerprint density at radius 2 is 1.91 bits per heavy atom. The van der Waals surface area contributed by atoms with Crippen LogP contribution >= 0.6 is 38.6 Å². The number of anilines is 1. The summed E-state index contributed by atoms with van der Waals surface area (Å²) in [4.78, 5) is 32.7. The summed E-state index contributed by atoms with van der Waals surface area (Å²) in [5.74, 6) is -0.191. The molecule has 6 nitrogen and oxygen atoms in total. The number of methoxy groups -OCH3 is 1. The number of nitrogens with one attached hydrogen (secondary N) is 1. The summed E-state index contributed by atoms with van der Waals surface area (Å²) in [6.45, 7) is 1.02. The molecule has 0 atom stereocenters. The van der Waals surface area contributed by atoms with Crippen LogP contribution in [-0.2, 0) is 17.7 Å². The maximum Gasteiger partial charge on any atom is 0.409 e. The molecule has 162 valence electrons. The van der Waals surface area contributed by atoms with E-state index in [1.54, 1.807) is 22.3 Å². The zero-order valence-corrected chi connectivity index (χ0v) is 20.3. The summed E-state index contributed by atoms with van der Waals surface area (Å²) in [6, 6.07) is 15.3. The van der Waals surface area contributed by atoms with Crippen LogP contribution < -0.4 is 5.32 Å². The average Bonchev–Trinajstić information content (AvgIpc) is 3.38. The Kier molecular flexibility index (Phi) is 5.71. The fourth-order valence-electron chi connectivity index (χ4n) is 3.80. The van der Waals surface area contributed by atoms with Gasteiger partial charge >= 0.3 is 6.09 Å². The summed E-state index contributed by atoms with van der Waals surface area (Å²) in [6.07, 6.45) is 0.335. The largest absolute Gasteiger partial charge is 0.453 e. The second-order valence-corrected chi connectivity index (χ2v) is 10.3. The van der Waals surface area contributed by atoms with Crippen LogP contribution in [0, 0.1) is 0 Å². The molecule has 0 saturated carbocycles. The van der Waals surface area contributed by atoms with E-state index in [0.717, 1.165) is 40.7 Å². The van der Waals surface area contributed by atoms with Crippen LogP contribution in [0.2, 0.25) is 0 Å². The van der Waals surface area contributed by atoms with Crippen molar-refractivity contribution in [3.63, 3.8) is 0 Å². The monoisotopic (exact) mass is 527 g/mol. The second kappa shape index (κ2) is 8.65. The SMILES string of the molecule is COC(=O)N1CCc2c(sc(NC(=O)c3ccccc3Br)c2-c2nc3ccccc3s2)C1. The minimum atomic E-state index is -0.343. The highest BCUT2D eigenvalue weighted by Gasteiger charge is 2.30. The van der Waals surface area contributed by atoms with Gasteiger partial charge < -0.3 is 15.0 Å². The zero-order valence-electron chi connectivity index (χ0n) is 17.1. The number of thiophene rings is 1. The van der Waals surface area contributed by atoms with E-state index in [9.17, 15) is 9.59 Å². The molecule has 0 fully saturated rings. The number of rotatable bonds is 3. The van der Waals surface area contributed by atoms with Gasteiger partial charge in [-0.05, 0) is 52.2 Å². The van der Waals surface area contributed by atoms with Crippen LogP contribution in [0.4, 0.5) is 9.80 Å². The van der Waals surface area contributed by atoms with E-state index in [1.165, 1.54) is 18.4 Å². The number of para-hydroxylation sites is 1. The van der Waals surface area contributed by atoms with Crippen LogP contribution in [0.15, 0.2) is 53.0 Å². The number of fused-ring (bicyclic) bond motifs is 2. The number of aromatic nitrogens is 1. The van der Waals surface area contributed by atoms with Gasteiger partial charge in [0.15, 0.2) is 0 Å². The number of nitrogens with zero attached hydrogens (tertiary/aromatic N) is 2. The molecule has 1 aliphatic rings. The number of halogens is 1. The predicted octanol–water partition coefficient (Wildman–Crippen LogP) is 6.16. The Morgan fingerprint density at radius 3 is 2.69 bits per heavy atom. The van der Waals surface area contributed by atoms with Gasteiger partial charge in [0.1, 0.15) is 10.0 Å². The Morgan fingerprint density at radius 1 is 1.12 bits per heavy atom. The number of hydrogen-bond donors (Lipinski definition) is 1. The topological polar surface area (TPSA) is 71.5 Å². The molecule has 0 unspecified atom stereocenters. The molecule has 5 rings (SSSR count). The van der Waals surface area contributed by atoms with E-state index in [4.69, 9.17) is 9.72 Å². The van der Waals surface area contributed by atoms with E-state index in [1.807, 2.05) is 42.5 Å². The Labute approximate surface area is 201 Å². The maximum atomic E-state index is 13.1. The highest BCUT2D eigenvalue weighted by Crippen LogP contribution is 2.46. The van der Waals surface area contributed by atoms with E-state index >= 15 is 0 Å².